The van der Waals surface area contributed by atoms with Gasteiger partial charge >= 0.3 is 5.97 Å². The second-order valence-corrected chi connectivity index (χ2v) is 4.61. The summed E-state index contributed by atoms with van der Waals surface area (Å²) in [6, 6.07) is 0.171. The smallest absolute Gasteiger partial charge is 0.311 e. The number of hydrogen-bond donors (Lipinski definition) is 1. The van der Waals surface area contributed by atoms with E-state index in [0.717, 1.165) is 12.8 Å². The quantitative estimate of drug-likeness (QED) is 0.720. The molecule has 3 heteroatoms. The molecule has 1 aliphatic carbocycles. The SMILES string of the molecule is CC(C)C(N(C)C)C1(C(=O)O)CC1. The number of carboxylic acids is 1. The zero-order valence-electron chi connectivity index (χ0n) is 8.87. The Morgan fingerprint density at radius 1 is 1.38 bits per heavy atom. The summed E-state index contributed by atoms with van der Waals surface area (Å²) in [6.07, 6.45) is 1.67. The molecule has 0 bridgehead atoms. The van der Waals surface area contributed by atoms with Gasteiger partial charge in [-0.1, -0.05) is 13.8 Å². The highest BCUT2D eigenvalue weighted by Gasteiger charge is 2.57. The minimum atomic E-state index is -0.625. The minimum absolute atomic E-state index is 0.171. The highest BCUT2D eigenvalue weighted by Crippen LogP contribution is 2.52. The van der Waals surface area contributed by atoms with Crippen LogP contribution < -0.4 is 0 Å². The molecule has 0 radical (unpaired) electrons. The number of nitrogens with zero attached hydrogens (tertiary/aromatic N) is 1. The van der Waals surface area contributed by atoms with E-state index >= 15 is 0 Å². The average Bonchev–Trinajstić information content (AvgIpc) is 2.66. The molecule has 1 unspecified atom stereocenters. The third-order valence-electron chi connectivity index (χ3n) is 2.97. The van der Waals surface area contributed by atoms with E-state index in [2.05, 4.69) is 13.8 Å². The predicted octanol–water partition coefficient (Wildman–Crippen LogP) is 1.44. The number of rotatable bonds is 4. The Labute approximate surface area is 79.7 Å². The molecular weight excluding hydrogens is 166 g/mol. The molecule has 1 N–H and O–H groups in total. The van der Waals surface area contributed by atoms with Gasteiger partial charge in [0.15, 0.2) is 0 Å². The molecule has 76 valence electrons. The molecule has 0 heterocycles. The molecule has 1 rings (SSSR count). The van der Waals surface area contributed by atoms with Gasteiger partial charge in [0, 0.05) is 6.04 Å². The first-order chi connectivity index (χ1) is 5.92. The van der Waals surface area contributed by atoms with Gasteiger partial charge in [-0.3, -0.25) is 4.79 Å². The third-order valence-corrected chi connectivity index (χ3v) is 2.97. The third kappa shape index (κ3) is 1.70. The number of carboxylic acid groups (broad SMARTS) is 1. The first kappa shape index (κ1) is 10.5. The standard InChI is InChI=1S/C10H19NO2/c1-7(2)8(11(3)4)10(5-6-10)9(12)13/h7-8H,5-6H2,1-4H3,(H,12,13). The molecule has 1 aliphatic rings. The molecular formula is C10H19NO2. The summed E-state index contributed by atoms with van der Waals surface area (Å²) in [5, 5.41) is 9.15. The van der Waals surface area contributed by atoms with Gasteiger partial charge in [0.25, 0.3) is 0 Å². The first-order valence-corrected chi connectivity index (χ1v) is 4.81. The molecule has 13 heavy (non-hydrogen) atoms. The summed E-state index contributed by atoms with van der Waals surface area (Å²) in [5.74, 6) is -0.228. The maximum absolute atomic E-state index is 11.1. The molecule has 0 amide bonds. The van der Waals surface area contributed by atoms with Crippen LogP contribution in [0.25, 0.3) is 0 Å². The number of hydrogen-bond acceptors (Lipinski definition) is 2. The van der Waals surface area contributed by atoms with Crippen molar-refractivity contribution < 1.29 is 9.90 Å². The first-order valence-electron chi connectivity index (χ1n) is 4.81. The number of aliphatic carboxylic acids is 1. The van der Waals surface area contributed by atoms with Gasteiger partial charge in [0.2, 0.25) is 0 Å². The van der Waals surface area contributed by atoms with Gasteiger partial charge in [0.05, 0.1) is 5.41 Å². The average molecular weight is 185 g/mol. The lowest BCUT2D eigenvalue weighted by Gasteiger charge is -2.33. The van der Waals surface area contributed by atoms with Crippen LogP contribution in [-0.4, -0.2) is 36.1 Å². The van der Waals surface area contributed by atoms with Gasteiger partial charge in [-0.2, -0.15) is 0 Å². The lowest BCUT2D eigenvalue weighted by molar-refractivity contribution is -0.146. The topological polar surface area (TPSA) is 40.5 Å². The van der Waals surface area contributed by atoms with E-state index in [0.29, 0.717) is 5.92 Å². The molecule has 3 nitrogen and oxygen atoms in total. The molecule has 0 aromatic carbocycles. The Kier molecular flexibility index (Phi) is 2.66. The second kappa shape index (κ2) is 3.29. The number of carbonyl (C=O) groups is 1. The van der Waals surface area contributed by atoms with E-state index in [9.17, 15) is 4.79 Å². The predicted molar refractivity (Wildman–Crippen MR) is 51.6 cm³/mol. The maximum Gasteiger partial charge on any atom is 0.311 e. The molecule has 0 spiro atoms. The van der Waals surface area contributed by atoms with Crippen LogP contribution in [0.1, 0.15) is 26.7 Å². The van der Waals surface area contributed by atoms with Gasteiger partial charge in [-0.25, -0.2) is 0 Å². The van der Waals surface area contributed by atoms with E-state index < -0.39 is 11.4 Å². The summed E-state index contributed by atoms with van der Waals surface area (Å²) in [7, 11) is 3.93. The minimum Gasteiger partial charge on any atom is -0.481 e. The van der Waals surface area contributed by atoms with E-state index in [-0.39, 0.29) is 6.04 Å². The van der Waals surface area contributed by atoms with Gasteiger partial charge in [-0.15, -0.1) is 0 Å². The molecule has 0 saturated heterocycles. The van der Waals surface area contributed by atoms with Crippen molar-refractivity contribution in [1.29, 1.82) is 0 Å². The van der Waals surface area contributed by atoms with Crippen molar-refractivity contribution in [2.45, 2.75) is 32.7 Å². The summed E-state index contributed by atoms with van der Waals surface area (Å²) >= 11 is 0. The van der Waals surface area contributed by atoms with Crippen LogP contribution in [0.3, 0.4) is 0 Å². The van der Waals surface area contributed by atoms with E-state index in [1.807, 2.05) is 19.0 Å². The highest BCUT2D eigenvalue weighted by molar-refractivity contribution is 5.78. The van der Waals surface area contributed by atoms with Crippen molar-refractivity contribution >= 4 is 5.97 Å². The van der Waals surface area contributed by atoms with Crippen molar-refractivity contribution in [1.82, 2.24) is 4.90 Å². The fourth-order valence-electron chi connectivity index (χ4n) is 2.50. The van der Waals surface area contributed by atoms with Gasteiger partial charge in [-0.05, 0) is 32.9 Å². The molecule has 1 saturated carbocycles. The summed E-state index contributed by atoms with van der Waals surface area (Å²) in [4.78, 5) is 13.2. The van der Waals surface area contributed by atoms with Gasteiger partial charge < -0.3 is 10.0 Å². The van der Waals surface area contributed by atoms with Crippen LogP contribution in [0.15, 0.2) is 0 Å². The fourth-order valence-corrected chi connectivity index (χ4v) is 2.50. The zero-order valence-corrected chi connectivity index (χ0v) is 8.87. The van der Waals surface area contributed by atoms with E-state index in [1.165, 1.54) is 0 Å². The summed E-state index contributed by atoms with van der Waals surface area (Å²) < 4.78 is 0. The normalized spacial score (nSPS) is 22.0. The van der Waals surface area contributed by atoms with Crippen LogP contribution in [0.2, 0.25) is 0 Å². The zero-order chi connectivity index (χ0) is 10.2. The lowest BCUT2D eigenvalue weighted by atomic mass is 9.87. The van der Waals surface area contributed by atoms with Gasteiger partial charge in [0.1, 0.15) is 0 Å². The van der Waals surface area contributed by atoms with E-state index in [4.69, 9.17) is 5.11 Å². The van der Waals surface area contributed by atoms with Crippen molar-refractivity contribution in [3.63, 3.8) is 0 Å². The monoisotopic (exact) mass is 185 g/mol. The Bertz CT molecular complexity index is 199. The fraction of sp³-hybridized carbons (Fsp3) is 0.900. The Hall–Kier alpha value is -0.570. The van der Waals surface area contributed by atoms with Crippen LogP contribution in [0.5, 0.6) is 0 Å². The van der Waals surface area contributed by atoms with Crippen LogP contribution >= 0.6 is 0 Å². The molecule has 0 aliphatic heterocycles. The van der Waals surface area contributed by atoms with Crippen molar-refractivity contribution in [2.24, 2.45) is 11.3 Å². The summed E-state index contributed by atoms with van der Waals surface area (Å²) in [6.45, 7) is 4.18. The van der Waals surface area contributed by atoms with Crippen molar-refractivity contribution in [3.8, 4) is 0 Å². The maximum atomic E-state index is 11.1. The van der Waals surface area contributed by atoms with Crippen molar-refractivity contribution in [2.75, 3.05) is 14.1 Å². The molecule has 1 fully saturated rings. The Morgan fingerprint density at radius 3 is 1.92 bits per heavy atom. The highest BCUT2D eigenvalue weighted by atomic mass is 16.4. The van der Waals surface area contributed by atoms with Crippen LogP contribution in [0.4, 0.5) is 0 Å². The Morgan fingerprint density at radius 2 is 1.85 bits per heavy atom. The molecule has 0 aromatic rings. The van der Waals surface area contributed by atoms with Crippen molar-refractivity contribution in [3.05, 3.63) is 0 Å². The largest absolute Gasteiger partial charge is 0.481 e. The summed E-state index contributed by atoms with van der Waals surface area (Å²) in [5.41, 5.74) is -0.447. The molecule has 0 aromatic heterocycles. The van der Waals surface area contributed by atoms with E-state index in [1.54, 1.807) is 0 Å². The Balaban J connectivity index is 2.82. The van der Waals surface area contributed by atoms with Crippen LogP contribution in [0, 0.1) is 11.3 Å². The van der Waals surface area contributed by atoms with Crippen LogP contribution in [-0.2, 0) is 4.79 Å². The lowest BCUT2D eigenvalue weighted by Crippen LogP contribution is -2.44. The molecule has 1 atom stereocenters. The second-order valence-electron chi connectivity index (χ2n) is 4.61.